The van der Waals surface area contributed by atoms with Crippen molar-refractivity contribution in [2.45, 2.75) is 6.54 Å². The molecule has 0 aliphatic heterocycles. The van der Waals surface area contributed by atoms with E-state index in [1.807, 2.05) is 0 Å². The molecule has 8 nitrogen and oxygen atoms in total. The molecular formula is C15H13BrClN5O3. The smallest absolute Gasteiger partial charge is 0.266 e. The summed E-state index contributed by atoms with van der Waals surface area (Å²) in [5.74, 6) is 0.0532. The van der Waals surface area contributed by atoms with E-state index >= 15 is 0 Å². The zero-order valence-electron chi connectivity index (χ0n) is 13.3. The molecule has 3 rings (SSSR count). The van der Waals surface area contributed by atoms with Crippen LogP contribution in [0.3, 0.4) is 0 Å². The van der Waals surface area contributed by atoms with Gasteiger partial charge in [-0.1, -0.05) is 11.6 Å². The van der Waals surface area contributed by atoms with Crippen LogP contribution in [0.5, 0.6) is 5.75 Å². The second kappa shape index (κ2) is 6.85. The second-order valence-electron chi connectivity index (χ2n) is 5.18. The first-order valence-corrected chi connectivity index (χ1v) is 8.29. The first-order chi connectivity index (χ1) is 11.9. The van der Waals surface area contributed by atoms with Crippen LogP contribution in [0.1, 0.15) is 0 Å². The lowest BCUT2D eigenvalue weighted by Crippen LogP contribution is -2.28. The van der Waals surface area contributed by atoms with Gasteiger partial charge in [0.1, 0.15) is 28.6 Å². The molecule has 0 saturated heterocycles. The van der Waals surface area contributed by atoms with Crippen molar-refractivity contribution in [2.24, 2.45) is 7.05 Å². The van der Waals surface area contributed by atoms with Gasteiger partial charge in [-0.05, 0) is 34.1 Å². The van der Waals surface area contributed by atoms with Crippen LogP contribution in [0.25, 0.3) is 11.0 Å². The van der Waals surface area contributed by atoms with Crippen LogP contribution in [0.15, 0.2) is 33.9 Å². The number of nitrogens with one attached hydrogen (secondary N) is 1. The maximum atomic E-state index is 12.5. The minimum Gasteiger partial charge on any atom is -0.495 e. The number of methoxy groups -OCH3 is 1. The molecule has 1 amide bonds. The number of carbonyl (C=O) groups is 1. The Morgan fingerprint density at radius 3 is 2.92 bits per heavy atom. The fourth-order valence-electron chi connectivity index (χ4n) is 2.37. The van der Waals surface area contributed by atoms with Crippen LogP contribution >= 0.6 is 27.5 Å². The lowest BCUT2D eigenvalue weighted by atomic mass is 10.3. The molecule has 0 radical (unpaired) electrons. The van der Waals surface area contributed by atoms with E-state index in [1.165, 1.54) is 22.7 Å². The van der Waals surface area contributed by atoms with Gasteiger partial charge in [-0.3, -0.25) is 14.2 Å². The molecule has 3 aromatic rings. The average molecular weight is 427 g/mol. The van der Waals surface area contributed by atoms with Gasteiger partial charge in [0.2, 0.25) is 5.91 Å². The van der Waals surface area contributed by atoms with Gasteiger partial charge < -0.3 is 10.1 Å². The fraction of sp³-hybridized carbons (Fsp3) is 0.200. The maximum Gasteiger partial charge on any atom is 0.266 e. The summed E-state index contributed by atoms with van der Waals surface area (Å²) >= 11 is 9.17. The summed E-state index contributed by atoms with van der Waals surface area (Å²) in [6.45, 7) is -0.210. The van der Waals surface area contributed by atoms with E-state index < -0.39 is 5.91 Å². The number of anilines is 1. The number of hydrogen-bond donors (Lipinski definition) is 1. The average Bonchev–Trinajstić information content (AvgIpc) is 2.85. The first kappa shape index (κ1) is 17.4. The lowest BCUT2D eigenvalue weighted by Gasteiger charge is -2.11. The Bertz CT molecular complexity index is 1030. The molecule has 130 valence electrons. The normalized spacial score (nSPS) is 10.9. The van der Waals surface area contributed by atoms with E-state index in [9.17, 15) is 9.59 Å². The van der Waals surface area contributed by atoms with Crippen molar-refractivity contribution < 1.29 is 9.53 Å². The molecule has 2 aromatic heterocycles. The van der Waals surface area contributed by atoms with Crippen molar-refractivity contribution in [3.05, 3.63) is 44.5 Å². The highest BCUT2D eigenvalue weighted by Gasteiger charge is 2.15. The van der Waals surface area contributed by atoms with Crippen molar-refractivity contribution in [3.63, 3.8) is 0 Å². The molecule has 0 bridgehead atoms. The quantitative estimate of drug-likeness (QED) is 0.690. The SMILES string of the molecule is COc1ccc(Cl)cc1NC(=O)Cn1cnc2c(c(Br)nn2C)c1=O. The third kappa shape index (κ3) is 3.38. The van der Waals surface area contributed by atoms with Crippen molar-refractivity contribution in [1.29, 1.82) is 0 Å². The molecule has 0 aliphatic carbocycles. The summed E-state index contributed by atoms with van der Waals surface area (Å²) in [7, 11) is 3.17. The Hall–Kier alpha value is -2.39. The minimum atomic E-state index is -0.413. The van der Waals surface area contributed by atoms with Gasteiger partial charge in [0.05, 0.1) is 12.8 Å². The fourth-order valence-corrected chi connectivity index (χ4v) is 3.13. The van der Waals surface area contributed by atoms with Crippen molar-refractivity contribution in [3.8, 4) is 5.75 Å². The van der Waals surface area contributed by atoms with E-state index in [0.717, 1.165) is 0 Å². The van der Waals surface area contributed by atoms with Crippen molar-refractivity contribution in [1.82, 2.24) is 19.3 Å². The summed E-state index contributed by atoms with van der Waals surface area (Å²) in [4.78, 5) is 29.0. The third-order valence-corrected chi connectivity index (χ3v) is 4.31. The topological polar surface area (TPSA) is 91.0 Å². The molecule has 0 fully saturated rings. The van der Waals surface area contributed by atoms with Crippen LogP contribution in [0.2, 0.25) is 5.02 Å². The molecule has 1 N–H and O–H groups in total. The number of fused-ring (bicyclic) bond motifs is 1. The van der Waals surface area contributed by atoms with Gasteiger partial charge in [-0.15, -0.1) is 0 Å². The molecule has 0 aliphatic rings. The van der Waals surface area contributed by atoms with Gasteiger partial charge in [0.15, 0.2) is 5.65 Å². The summed E-state index contributed by atoms with van der Waals surface area (Å²) < 4.78 is 8.26. The number of hydrogen-bond acceptors (Lipinski definition) is 5. The number of nitrogens with zero attached hydrogens (tertiary/aromatic N) is 4. The Morgan fingerprint density at radius 1 is 1.44 bits per heavy atom. The molecular weight excluding hydrogens is 414 g/mol. The molecule has 10 heteroatoms. The molecule has 2 heterocycles. The maximum absolute atomic E-state index is 12.5. The number of halogens is 2. The molecule has 25 heavy (non-hydrogen) atoms. The molecule has 0 spiro atoms. The summed E-state index contributed by atoms with van der Waals surface area (Å²) in [6, 6.07) is 4.86. The monoisotopic (exact) mass is 425 g/mol. The molecule has 0 atom stereocenters. The molecule has 1 aromatic carbocycles. The zero-order valence-corrected chi connectivity index (χ0v) is 15.6. The van der Waals surface area contributed by atoms with Gasteiger partial charge in [-0.2, -0.15) is 5.10 Å². The number of carbonyl (C=O) groups excluding carboxylic acids is 1. The zero-order chi connectivity index (χ0) is 18.1. The first-order valence-electron chi connectivity index (χ1n) is 7.11. The highest BCUT2D eigenvalue weighted by molar-refractivity contribution is 9.10. The number of ether oxygens (including phenoxy) is 1. The van der Waals surface area contributed by atoms with Crippen molar-refractivity contribution >= 4 is 50.2 Å². The number of aryl methyl sites for hydroxylation is 1. The second-order valence-corrected chi connectivity index (χ2v) is 6.37. The van der Waals surface area contributed by atoms with Crippen LogP contribution in [-0.2, 0) is 18.4 Å². The van der Waals surface area contributed by atoms with Crippen LogP contribution in [0.4, 0.5) is 5.69 Å². The number of benzene rings is 1. The minimum absolute atomic E-state index is 0.210. The summed E-state index contributed by atoms with van der Waals surface area (Å²) in [5, 5.41) is 7.55. The van der Waals surface area contributed by atoms with Gasteiger partial charge in [-0.25, -0.2) is 9.67 Å². The Labute approximate surface area is 155 Å². The van der Waals surface area contributed by atoms with Crippen LogP contribution < -0.4 is 15.6 Å². The van der Waals surface area contributed by atoms with Gasteiger partial charge in [0, 0.05) is 12.1 Å². The van der Waals surface area contributed by atoms with Gasteiger partial charge in [0.25, 0.3) is 5.56 Å². The number of amides is 1. The van der Waals surface area contributed by atoms with Crippen LogP contribution in [-0.4, -0.2) is 32.3 Å². The van der Waals surface area contributed by atoms with E-state index in [4.69, 9.17) is 16.3 Å². The number of rotatable bonds is 4. The predicted molar refractivity (Wildman–Crippen MR) is 97.1 cm³/mol. The van der Waals surface area contributed by atoms with Crippen LogP contribution in [0, 0.1) is 0 Å². The van der Waals surface area contributed by atoms with E-state index in [1.54, 1.807) is 25.2 Å². The molecule has 0 saturated carbocycles. The highest BCUT2D eigenvalue weighted by atomic mass is 79.9. The van der Waals surface area contributed by atoms with Crippen molar-refractivity contribution in [2.75, 3.05) is 12.4 Å². The Kier molecular flexibility index (Phi) is 4.78. The third-order valence-electron chi connectivity index (χ3n) is 3.52. The number of aromatic nitrogens is 4. The Balaban J connectivity index is 1.88. The summed E-state index contributed by atoms with van der Waals surface area (Å²) in [6.07, 6.45) is 1.31. The van der Waals surface area contributed by atoms with Gasteiger partial charge >= 0.3 is 0 Å². The van der Waals surface area contributed by atoms with E-state index in [0.29, 0.717) is 32.1 Å². The van der Waals surface area contributed by atoms with E-state index in [2.05, 4.69) is 31.3 Å². The largest absolute Gasteiger partial charge is 0.495 e. The highest BCUT2D eigenvalue weighted by Crippen LogP contribution is 2.27. The standard InChI is InChI=1S/C15H13BrClN5O3/c1-21-14-12(13(16)20-21)15(24)22(7-18-14)6-11(23)19-9-5-8(17)3-4-10(9)25-2/h3-5,7H,6H2,1-2H3,(H,19,23). The Morgan fingerprint density at radius 2 is 2.20 bits per heavy atom. The van der Waals surface area contributed by atoms with E-state index in [-0.39, 0.29) is 12.1 Å². The summed E-state index contributed by atoms with van der Waals surface area (Å²) in [5.41, 5.74) is 0.493. The lowest BCUT2D eigenvalue weighted by molar-refractivity contribution is -0.116. The predicted octanol–water partition coefficient (Wildman–Crippen LogP) is 2.19. The molecule has 0 unspecified atom stereocenters.